The lowest BCUT2D eigenvalue weighted by atomic mass is 10.1. The third-order valence-electron chi connectivity index (χ3n) is 2.71. The van der Waals surface area contributed by atoms with E-state index in [2.05, 4.69) is 37.2 Å². The van der Waals surface area contributed by atoms with Crippen molar-refractivity contribution in [2.45, 2.75) is 20.8 Å². The lowest BCUT2D eigenvalue weighted by Crippen LogP contribution is -2.34. The van der Waals surface area contributed by atoms with Crippen LogP contribution in [-0.2, 0) is 4.74 Å². The van der Waals surface area contributed by atoms with Gasteiger partial charge < -0.3 is 9.64 Å². The van der Waals surface area contributed by atoms with Crippen LogP contribution < -0.4 is 0 Å². The molecule has 0 aliphatic carbocycles. The van der Waals surface area contributed by atoms with E-state index in [1.165, 1.54) is 5.70 Å². The molecule has 1 aliphatic rings. The summed E-state index contributed by atoms with van der Waals surface area (Å²) < 4.78 is 5.31. The number of nitrogens with zero attached hydrogens (tertiary/aromatic N) is 2. The molecule has 3 nitrogen and oxygen atoms in total. The quantitative estimate of drug-likeness (QED) is 0.683. The Hall–Kier alpha value is -1.09. The van der Waals surface area contributed by atoms with Gasteiger partial charge in [0.2, 0.25) is 0 Å². The molecule has 3 heteroatoms. The normalized spacial score (nSPS) is 19.1. The molecule has 1 heterocycles. The van der Waals surface area contributed by atoms with Crippen LogP contribution in [0, 0.1) is 5.92 Å². The van der Waals surface area contributed by atoms with Crippen molar-refractivity contribution in [2.75, 3.05) is 26.3 Å². The maximum absolute atomic E-state index is 5.31. The molecule has 1 fully saturated rings. The molecule has 1 saturated heterocycles. The molecule has 16 heavy (non-hydrogen) atoms. The van der Waals surface area contributed by atoms with Crippen LogP contribution in [-0.4, -0.2) is 36.9 Å². The van der Waals surface area contributed by atoms with E-state index in [9.17, 15) is 0 Å². The molecule has 0 N–H and O–H groups in total. The average Bonchev–Trinajstić information content (AvgIpc) is 2.30. The molecule has 0 radical (unpaired) electrons. The molecule has 0 unspecified atom stereocenters. The third kappa shape index (κ3) is 3.81. The Balaban J connectivity index is 2.63. The molecule has 0 amide bonds. The van der Waals surface area contributed by atoms with Gasteiger partial charge in [-0.2, -0.15) is 0 Å². The van der Waals surface area contributed by atoms with E-state index < -0.39 is 0 Å². The van der Waals surface area contributed by atoms with Crippen molar-refractivity contribution >= 4 is 5.71 Å². The summed E-state index contributed by atoms with van der Waals surface area (Å²) in [6, 6.07) is 0. The van der Waals surface area contributed by atoms with E-state index >= 15 is 0 Å². The Morgan fingerprint density at radius 1 is 1.38 bits per heavy atom. The van der Waals surface area contributed by atoms with Gasteiger partial charge in [-0.05, 0) is 18.9 Å². The first-order chi connectivity index (χ1) is 7.65. The fraction of sp³-hybridized carbons (Fsp3) is 0.615. The van der Waals surface area contributed by atoms with E-state index in [1.54, 1.807) is 0 Å². The zero-order chi connectivity index (χ0) is 12.0. The maximum Gasteiger partial charge on any atom is 0.0642 e. The standard InChI is InChI=1S/C13H22N2O/c1-5-13(11(2)3)14-10-12(4)15-6-8-16-9-7-15/h5,10-11H,1,6-9H2,2-4H3/b12-10+,14-13+. The van der Waals surface area contributed by atoms with Gasteiger partial charge in [0.05, 0.1) is 13.2 Å². The number of hydrogen-bond acceptors (Lipinski definition) is 3. The fourth-order valence-corrected chi connectivity index (χ4v) is 1.60. The zero-order valence-corrected chi connectivity index (χ0v) is 10.6. The van der Waals surface area contributed by atoms with Gasteiger partial charge in [-0.25, -0.2) is 0 Å². The highest BCUT2D eigenvalue weighted by Gasteiger charge is 2.09. The van der Waals surface area contributed by atoms with Gasteiger partial charge in [-0.1, -0.05) is 20.4 Å². The summed E-state index contributed by atoms with van der Waals surface area (Å²) in [6.07, 6.45) is 3.76. The molecule has 1 aliphatic heterocycles. The smallest absolute Gasteiger partial charge is 0.0642 e. The van der Waals surface area contributed by atoms with Crippen molar-refractivity contribution in [1.82, 2.24) is 4.90 Å². The third-order valence-corrected chi connectivity index (χ3v) is 2.71. The molecular weight excluding hydrogens is 200 g/mol. The van der Waals surface area contributed by atoms with Crippen LogP contribution in [0.1, 0.15) is 20.8 Å². The Morgan fingerprint density at radius 2 is 2.00 bits per heavy atom. The molecule has 0 saturated carbocycles. The Labute approximate surface area is 98.5 Å². The Kier molecular flexibility index (Phi) is 5.26. The van der Waals surface area contributed by atoms with Crippen LogP contribution in [0.25, 0.3) is 0 Å². The minimum atomic E-state index is 0.422. The largest absolute Gasteiger partial charge is 0.378 e. The summed E-state index contributed by atoms with van der Waals surface area (Å²) >= 11 is 0. The van der Waals surface area contributed by atoms with Crippen LogP contribution >= 0.6 is 0 Å². The minimum Gasteiger partial charge on any atom is -0.378 e. The number of ether oxygens (including phenoxy) is 1. The van der Waals surface area contributed by atoms with Gasteiger partial charge in [0.15, 0.2) is 0 Å². The lowest BCUT2D eigenvalue weighted by molar-refractivity contribution is 0.0536. The van der Waals surface area contributed by atoms with Crippen LogP contribution in [0.5, 0.6) is 0 Å². The van der Waals surface area contributed by atoms with Crippen molar-refractivity contribution in [3.05, 3.63) is 24.6 Å². The number of hydrogen-bond donors (Lipinski definition) is 0. The fourth-order valence-electron chi connectivity index (χ4n) is 1.60. The van der Waals surface area contributed by atoms with Crippen LogP contribution in [0.2, 0.25) is 0 Å². The molecule has 0 aromatic heterocycles. The van der Waals surface area contributed by atoms with Crippen molar-refractivity contribution in [1.29, 1.82) is 0 Å². The van der Waals surface area contributed by atoms with Gasteiger partial charge in [0, 0.05) is 30.7 Å². The summed E-state index contributed by atoms with van der Waals surface area (Å²) in [4.78, 5) is 6.77. The molecule has 1 rings (SSSR count). The van der Waals surface area contributed by atoms with Crippen LogP contribution in [0.4, 0.5) is 0 Å². The molecular formula is C13H22N2O. The monoisotopic (exact) mass is 222 g/mol. The van der Waals surface area contributed by atoms with Crippen molar-refractivity contribution < 1.29 is 4.74 Å². The Morgan fingerprint density at radius 3 is 2.50 bits per heavy atom. The molecule has 0 bridgehead atoms. The van der Waals surface area contributed by atoms with E-state index in [4.69, 9.17) is 4.74 Å². The second kappa shape index (κ2) is 6.48. The number of morpholine rings is 1. The second-order valence-corrected chi connectivity index (χ2v) is 4.28. The molecule has 0 aromatic rings. The van der Waals surface area contributed by atoms with Gasteiger partial charge in [0.25, 0.3) is 0 Å². The van der Waals surface area contributed by atoms with Gasteiger partial charge in [-0.3, -0.25) is 4.99 Å². The SMILES string of the molecule is C=C/C(=N\C=C(/C)N1CCOCC1)C(C)C. The average molecular weight is 222 g/mol. The molecule has 0 aromatic carbocycles. The summed E-state index contributed by atoms with van der Waals surface area (Å²) in [6.45, 7) is 13.7. The van der Waals surface area contributed by atoms with Crippen molar-refractivity contribution in [3.8, 4) is 0 Å². The Bertz CT molecular complexity index is 286. The van der Waals surface area contributed by atoms with E-state index in [0.29, 0.717) is 5.92 Å². The van der Waals surface area contributed by atoms with Gasteiger partial charge >= 0.3 is 0 Å². The highest BCUT2D eigenvalue weighted by Crippen LogP contribution is 2.08. The van der Waals surface area contributed by atoms with Gasteiger partial charge in [-0.15, -0.1) is 0 Å². The second-order valence-electron chi connectivity index (χ2n) is 4.28. The van der Waals surface area contributed by atoms with E-state index in [1.807, 2.05) is 12.3 Å². The van der Waals surface area contributed by atoms with E-state index in [0.717, 1.165) is 32.0 Å². The summed E-state index contributed by atoms with van der Waals surface area (Å²) in [5.74, 6) is 0.422. The highest BCUT2D eigenvalue weighted by molar-refractivity contribution is 5.96. The number of allylic oxidation sites excluding steroid dienone is 2. The molecule has 90 valence electrons. The predicted octanol–water partition coefficient (Wildman–Crippen LogP) is 2.46. The van der Waals surface area contributed by atoms with Gasteiger partial charge in [0.1, 0.15) is 0 Å². The van der Waals surface area contributed by atoms with Crippen molar-refractivity contribution in [2.24, 2.45) is 10.9 Å². The first kappa shape index (κ1) is 13.0. The molecule has 0 spiro atoms. The summed E-state index contributed by atoms with van der Waals surface area (Å²) in [5, 5.41) is 0. The minimum absolute atomic E-state index is 0.422. The summed E-state index contributed by atoms with van der Waals surface area (Å²) in [5.41, 5.74) is 2.23. The first-order valence-electron chi connectivity index (χ1n) is 5.84. The summed E-state index contributed by atoms with van der Waals surface area (Å²) in [7, 11) is 0. The number of rotatable bonds is 4. The van der Waals surface area contributed by atoms with Crippen LogP contribution in [0.3, 0.4) is 0 Å². The lowest BCUT2D eigenvalue weighted by Gasteiger charge is -2.28. The number of aliphatic imine (C=N–C) groups is 1. The first-order valence-corrected chi connectivity index (χ1v) is 5.84. The predicted molar refractivity (Wildman–Crippen MR) is 68.6 cm³/mol. The molecule has 0 atom stereocenters. The maximum atomic E-state index is 5.31. The zero-order valence-electron chi connectivity index (χ0n) is 10.6. The van der Waals surface area contributed by atoms with E-state index in [-0.39, 0.29) is 0 Å². The van der Waals surface area contributed by atoms with Crippen molar-refractivity contribution in [3.63, 3.8) is 0 Å². The highest BCUT2D eigenvalue weighted by atomic mass is 16.5. The topological polar surface area (TPSA) is 24.8 Å². The van der Waals surface area contributed by atoms with Crippen LogP contribution in [0.15, 0.2) is 29.5 Å².